The third-order valence-corrected chi connectivity index (χ3v) is 12.9. The molecule has 276 valence electrons. The minimum Gasteiger partial charge on any atom is -0.264 e. The number of hydrogen-bond acceptors (Lipinski definition) is 3. The zero-order valence-corrected chi connectivity index (χ0v) is 32.2. The van der Waals surface area contributed by atoms with E-state index in [9.17, 15) is 0 Å². The van der Waals surface area contributed by atoms with Gasteiger partial charge in [0.2, 0.25) is 0 Å². The fraction of sp³-hybridized carbons (Fsp3) is 0.0536. The van der Waals surface area contributed by atoms with E-state index in [2.05, 4.69) is 199 Å². The normalized spacial score (nSPS) is 16.5. The molecule has 0 aliphatic heterocycles. The first kappa shape index (κ1) is 33.6. The average Bonchev–Trinajstić information content (AvgIpc) is 3.79. The lowest BCUT2D eigenvalue weighted by Gasteiger charge is -2.36. The molecule has 0 fully saturated rings. The molecular weight excluding hydrogens is 715 g/mol. The van der Waals surface area contributed by atoms with Crippen molar-refractivity contribution in [2.75, 3.05) is 0 Å². The Morgan fingerprint density at radius 2 is 1.07 bits per heavy atom. The number of hydrogen-bond donors (Lipinski definition) is 0. The molecule has 0 saturated heterocycles. The van der Waals surface area contributed by atoms with E-state index in [1.54, 1.807) is 0 Å². The van der Waals surface area contributed by atoms with Gasteiger partial charge in [0, 0.05) is 40.9 Å². The number of aromatic nitrogens is 3. The molecule has 2 heterocycles. The maximum atomic E-state index is 5.43. The highest BCUT2D eigenvalue weighted by molar-refractivity contribution is 5.97. The molecular formula is C56H37N3. The SMILES string of the molecule is C1=CC2c3ccc(-c4nc(-c5ccc(-c6cccnc6)cc5)cc(-c5cccc(-c6cccc7ccccc67)c5)n4)cc3C3(c4ccccc4-c4ccccc43)C2C=C1. The predicted molar refractivity (Wildman–Crippen MR) is 241 cm³/mol. The number of pyridine rings is 1. The van der Waals surface area contributed by atoms with Crippen LogP contribution < -0.4 is 0 Å². The first-order chi connectivity index (χ1) is 29.2. The molecule has 3 aliphatic rings. The smallest absolute Gasteiger partial charge is 0.160 e. The molecule has 2 atom stereocenters. The van der Waals surface area contributed by atoms with E-state index in [-0.39, 0.29) is 17.3 Å². The Morgan fingerprint density at radius 1 is 0.424 bits per heavy atom. The summed E-state index contributed by atoms with van der Waals surface area (Å²) in [5, 5.41) is 2.46. The molecule has 0 bridgehead atoms. The molecule has 3 heteroatoms. The molecule has 59 heavy (non-hydrogen) atoms. The van der Waals surface area contributed by atoms with Gasteiger partial charge in [-0.2, -0.15) is 0 Å². The highest BCUT2D eigenvalue weighted by Gasteiger charge is 2.57. The molecule has 0 amide bonds. The van der Waals surface area contributed by atoms with Crippen molar-refractivity contribution >= 4 is 10.8 Å². The summed E-state index contributed by atoms with van der Waals surface area (Å²) >= 11 is 0. The fourth-order valence-corrected chi connectivity index (χ4v) is 10.3. The van der Waals surface area contributed by atoms with Crippen molar-refractivity contribution in [3.8, 4) is 67.3 Å². The van der Waals surface area contributed by atoms with Crippen LogP contribution in [-0.2, 0) is 5.41 Å². The van der Waals surface area contributed by atoms with Gasteiger partial charge in [-0.3, -0.25) is 4.98 Å². The standard InChI is InChI=1S/C56H37N3/c1-2-17-43-37(12-1)13-10-21-44(43)39-14-9-15-40(32-39)54-34-53(38-27-25-36(26-28-38)42-16-11-31-57-35-42)58-55(59-54)41-29-30-48-47-20-5-8-24-51(47)56(52(48)33-41)49-22-6-3-18-45(49)46-19-4-7-23-50(46)56/h1-35,47,51H. The van der Waals surface area contributed by atoms with Crippen molar-refractivity contribution in [3.05, 3.63) is 235 Å². The Bertz CT molecular complexity index is 3130. The van der Waals surface area contributed by atoms with Crippen molar-refractivity contribution < 1.29 is 0 Å². The Morgan fingerprint density at radius 3 is 1.88 bits per heavy atom. The van der Waals surface area contributed by atoms with E-state index >= 15 is 0 Å². The summed E-state index contributed by atoms with van der Waals surface area (Å²) in [4.78, 5) is 15.2. The van der Waals surface area contributed by atoms with E-state index in [0.717, 1.165) is 44.8 Å². The number of rotatable bonds is 5. The molecule has 1 spiro atoms. The summed E-state index contributed by atoms with van der Waals surface area (Å²) in [6, 6.07) is 63.9. The summed E-state index contributed by atoms with van der Waals surface area (Å²) in [6.07, 6.45) is 13.0. The first-order valence-corrected chi connectivity index (χ1v) is 20.4. The number of nitrogens with zero attached hydrogens (tertiary/aromatic N) is 3. The van der Waals surface area contributed by atoms with E-state index in [4.69, 9.17) is 9.97 Å². The molecule has 0 N–H and O–H groups in total. The van der Waals surface area contributed by atoms with Crippen LogP contribution in [0, 0.1) is 5.92 Å². The van der Waals surface area contributed by atoms with E-state index < -0.39 is 0 Å². The van der Waals surface area contributed by atoms with Gasteiger partial charge in [-0.15, -0.1) is 0 Å². The quantitative estimate of drug-likeness (QED) is 0.176. The summed E-state index contributed by atoms with van der Waals surface area (Å²) in [5.74, 6) is 1.23. The third-order valence-electron chi connectivity index (χ3n) is 12.9. The van der Waals surface area contributed by atoms with Gasteiger partial charge in [0.15, 0.2) is 5.82 Å². The summed E-state index contributed by atoms with van der Waals surface area (Å²) in [5.41, 5.74) is 17.2. The van der Waals surface area contributed by atoms with Crippen molar-refractivity contribution in [3.63, 3.8) is 0 Å². The van der Waals surface area contributed by atoms with Crippen molar-refractivity contribution in [1.82, 2.24) is 15.0 Å². The lowest BCUT2D eigenvalue weighted by molar-refractivity contribution is 0.465. The van der Waals surface area contributed by atoms with Crippen LogP contribution in [0.3, 0.4) is 0 Å². The maximum absolute atomic E-state index is 5.43. The fourth-order valence-electron chi connectivity index (χ4n) is 10.3. The lowest BCUT2D eigenvalue weighted by atomic mass is 9.65. The van der Waals surface area contributed by atoms with Gasteiger partial charge in [0.25, 0.3) is 0 Å². The zero-order valence-electron chi connectivity index (χ0n) is 32.2. The minimum atomic E-state index is -0.334. The second kappa shape index (κ2) is 13.3. The third kappa shape index (κ3) is 5.18. The predicted octanol–water partition coefficient (Wildman–Crippen LogP) is 13.5. The average molecular weight is 752 g/mol. The van der Waals surface area contributed by atoms with Gasteiger partial charge in [-0.25, -0.2) is 9.97 Å². The van der Waals surface area contributed by atoms with Crippen molar-refractivity contribution in [1.29, 1.82) is 0 Å². The molecule has 3 nitrogen and oxygen atoms in total. The Balaban J connectivity index is 1.05. The summed E-state index contributed by atoms with van der Waals surface area (Å²) in [6.45, 7) is 0. The Labute approximate surface area is 343 Å². The van der Waals surface area contributed by atoms with Crippen LogP contribution in [0.2, 0.25) is 0 Å². The number of allylic oxidation sites excluding steroid dienone is 4. The van der Waals surface area contributed by atoms with Gasteiger partial charge in [-0.05, 0) is 90.7 Å². The zero-order chi connectivity index (χ0) is 38.9. The second-order valence-corrected chi connectivity index (χ2v) is 15.9. The van der Waals surface area contributed by atoms with Crippen LogP contribution in [0.4, 0.5) is 0 Å². The molecule has 2 aromatic heterocycles. The molecule has 0 radical (unpaired) electrons. The second-order valence-electron chi connectivity index (χ2n) is 15.9. The molecule has 3 aliphatic carbocycles. The number of benzene rings is 7. The van der Waals surface area contributed by atoms with Crippen LogP contribution >= 0.6 is 0 Å². The first-order valence-electron chi connectivity index (χ1n) is 20.4. The number of fused-ring (bicyclic) bond motifs is 11. The van der Waals surface area contributed by atoms with E-state index in [1.807, 2.05) is 18.5 Å². The molecule has 7 aromatic carbocycles. The van der Waals surface area contributed by atoms with Crippen LogP contribution in [0.25, 0.3) is 78.1 Å². The van der Waals surface area contributed by atoms with Gasteiger partial charge in [-0.1, -0.05) is 176 Å². The minimum absolute atomic E-state index is 0.250. The van der Waals surface area contributed by atoms with Gasteiger partial charge in [0.1, 0.15) is 0 Å². The van der Waals surface area contributed by atoms with Crippen LogP contribution in [-0.4, -0.2) is 15.0 Å². The van der Waals surface area contributed by atoms with Crippen LogP contribution in [0.1, 0.15) is 28.2 Å². The van der Waals surface area contributed by atoms with Gasteiger partial charge in [0.05, 0.1) is 16.8 Å². The Kier molecular flexibility index (Phi) is 7.58. The topological polar surface area (TPSA) is 38.7 Å². The van der Waals surface area contributed by atoms with Gasteiger partial charge < -0.3 is 0 Å². The molecule has 12 rings (SSSR count). The summed E-state index contributed by atoms with van der Waals surface area (Å²) in [7, 11) is 0. The molecule has 0 saturated carbocycles. The highest BCUT2D eigenvalue weighted by atomic mass is 14.9. The monoisotopic (exact) mass is 751 g/mol. The summed E-state index contributed by atoms with van der Waals surface area (Å²) < 4.78 is 0. The van der Waals surface area contributed by atoms with Crippen molar-refractivity contribution in [2.24, 2.45) is 5.92 Å². The highest BCUT2D eigenvalue weighted by Crippen LogP contribution is 2.65. The molecule has 2 unspecified atom stereocenters. The molecule has 9 aromatic rings. The van der Waals surface area contributed by atoms with E-state index in [1.165, 1.54) is 49.7 Å². The lowest BCUT2D eigenvalue weighted by Crippen LogP contribution is -2.32. The van der Waals surface area contributed by atoms with Crippen LogP contribution in [0.5, 0.6) is 0 Å². The largest absolute Gasteiger partial charge is 0.264 e. The van der Waals surface area contributed by atoms with Gasteiger partial charge >= 0.3 is 0 Å². The van der Waals surface area contributed by atoms with E-state index in [0.29, 0.717) is 5.82 Å². The van der Waals surface area contributed by atoms with Crippen LogP contribution in [0.15, 0.2) is 213 Å². The Hall–Kier alpha value is -7.49. The van der Waals surface area contributed by atoms with Crippen molar-refractivity contribution in [2.45, 2.75) is 11.3 Å². The maximum Gasteiger partial charge on any atom is 0.160 e.